The number of fused-ring (bicyclic) bond motifs is 1. The molecule has 0 spiro atoms. The minimum absolute atomic E-state index is 0.286. The van der Waals surface area contributed by atoms with E-state index in [0.717, 1.165) is 18.2 Å². The molecular formula is C18H21N5O3S. The Labute approximate surface area is 159 Å². The molecule has 3 aromatic heterocycles. The Hall–Kier alpha value is -2.81. The monoisotopic (exact) mass is 387 g/mol. The lowest BCUT2D eigenvalue weighted by atomic mass is 10.3. The van der Waals surface area contributed by atoms with Crippen LogP contribution in [0, 0.1) is 0 Å². The topological polar surface area (TPSA) is 99.0 Å². The summed E-state index contributed by atoms with van der Waals surface area (Å²) in [5, 5.41) is 7.76. The first-order valence-electron chi connectivity index (χ1n) is 8.73. The van der Waals surface area contributed by atoms with E-state index in [1.54, 1.807) is 36.3 Å². The van der Waals surface area contributed by atoms with E-state index in [-0.39, 0.29) is 6.61 Å². The van der Waals surface area contributed by atoms with Crippen molar-refractivity contribution in [1.82, 2.24) is 19.7 Å². The van der Waals surface area contributed by atoms with Gasteiger partial charge in [-0.25, -0.2) is 14.5 Å². The van der Waals surface area contributed by atoms with Crippen molar-refractivity contribution in [2.75, 3.05) is 17.7 Å². The van der Waals surface area contributed by atoms with Crippen molar-refractivity contribution in [2.24, 2.45) is 0 Å². The summed E-state index contributed by atoms with van der Waals surface area (Å²) in [5.74, 6) is 0.628. The van der Waals surface area contributed by atoms with E-state index in [0.29, 0.717) is 27.7 Å². The van der Waals surface area contributed by atoms with E-state index in [1.165, 1.54) is 6.20 Å². The van der Waals surface area contributed by atoms with Crippen LogP contribution in [0.4, 0.5) is 10.5 Å². The fourth-order valence-corrected chi connectivity index (χ4v) is 3.72. The fraction of sp³-hybridized carbons (Fsp3) is 0.333. The number of nitrogens with one attached hydrogen (secondary N) is 1. The largest absolute Gasteiger partial charge is 0.450 e. The summed E-state index contributed by atoms with van der Waals surface area (Å²) in [4.78, 5) is 20.8. The fourth-order valence-electron chi connectivity index (χ4n) is 2.50. The highest BCUT2D eigenvalue weighted by molar-refractivity contribution is 7.85. The molecule has 3 aromatic rings. The molecule has 1 N–H and O–H groups in total. The Balaban J connectivity index is 1.87. The molecule has 0 aliphatic rings. The lowest BCUT2D eigenvalue weighted by Crippen LogP contribution is -2.13. The van der Waals surface area contributed by atoms with Gasteiger partial charge in [-0.2, -0.15) is 5.10 Å². The molecule has 0 fully saturated rings. The van der Waals surface area contributed by atoms with E-state index >= 15 is 0 Å². The second-order valence-corrected chi connectivity index (χ2v) is 7.39. The summed E-state index contributed by atoms with van der Waals surface area (Å²) in [6.07, 6.45) is 7.82. The van der Waals surface area contributed by atoms with Crippen molar-refractivity contribution in [1.29, 1.82) is 0 Å². The third kappa shape index (κ3) is 4.48. The van der Waals surface area contributed by atoms with Crippen molar-refractivity contribution in [3.63, 3.8) is 0 Å². The number of carbonyl (C=O) groups excluding carboxylic acids is 1. The number of amides is 1. The van der Waals surface area contributed by atoms with Crippen LogP contribution in [0.5, 0.6) is 0 Å². The van der Waals surface area contributed by atoms with Gasteiger partial charge in [-0.15, -0.1) is 0 Å². The number of nitrogens with zero attached hydrogens (tertiary/aromatic N) is 4. The van der Waals surface area contributed by atoms with Crippen molar-refractivity contribution in [2.45, 2.75) is 31.6 Å². The van der Waals surface area contributed by atoms with Crippen LogP contribution in [-0.2, 0) is 15.5 Å². The van der Waals surface area contributed by atoms with Gasteiger partial charge in [-0.3, -0.25) is 14.5 Å². The first-order chi connectivity index (χ1) is 13.1. The van der Waals surface area contributed by atoms with Gasteiger partial charge in [0.2, 0.25) is 0 Å². The molecule has 142 valence electrons. The first-order valence-corrected chi connectivity index (χ1v) is 10.1. The quantitative estimate of drug-likeness (QED) is 0.668. The van der Waals surface area contributed by atoms with E-state index in [1.807, 2.05) is 6.07 Å². The van der Waals surface area contributed by atoms with Crippen LogP contribution < -0.4 is 5.32 Å². The highest BCUT2D eigenvalue weighted by Gasteiger charge is 2.12. The molecule has 8 nitrogen and oxygen atoms in total. The zero-order valence-corrected chi connectivity index (χ0v) is 16.0. The highest BCUT2D eigenvalue weighted by Crippen LogP contribution is 2.20. The van der Waals surface area contributed by atoms with Gasteiger partial charge in [0, 0.05) is 17.3 Å². The number of hydrogen-bond acceptors (Lipinski definition) is 6. The minimum atomic E-state index is -1.06. The van der Waals surface area contributed by atoms with Crippen molar-refractivity contribution in [3.05, 3.63) is 36.9 Å². The molecule has 9 heteroatoms. The maximum Gasteiger partial charge on any atom is 0.411 e. The smallest absolute Gasteiger partial charge is 0.411 e. The van der Waals surface area contributed by atoms with E-state index in [2.05, 4.69) is 27.3 Å². The van der Waals surface area contributed by atoms with Gasteiger partial charge in [0.1, 0.15) is 0 Å². The van der Waals surface area contributed by atoms with Gasteiger partial charge in [-0.1, -0.05) is 13.3 Å². The molecule has 0 radical (unpaired) electrons. The van der Waals surface area contributed by atoms with Gasteiger partial charge in [-0.05, 0) is 25.5 Å². The molecule has 1 atom stereocenters. The zero-order chi connectivity index (χ0) is 19.2. The zero-order valence-electron chi connectivity index (χ0n) is 15.2. The van der Waals surface area contributed by atoms with Crippen LogP contribution in [0.1, 0.15) is 26.7 Å². The summed E-state index contributed by atoms with van der Waals surface area (Å²) in [5.41, 5.74) is 1.76. The normalized spacial score (nSPS) is 12.1. The maximum absolute atomic E-state index is 12.3. The molecule has 0 aliphatic carbocycles. The number of carbonyl (C=O) groups is 1. The summed E-state index contributed by atoms with van der Waals surface area (Å²) >= 11 is 0. The summed E-state index contributed by atoms with van der Waals surface area (Å²) in [7, 11) is -1.06. The van der Waals surface area contributed by atoms with E-state index in [4.69, 9.17) is 4.74 Å². The number of pyridine rings is 2. The average molecular weight is 387 g/mol. The van der Waals surface area contributed by atoms with E-state index in [9.17, 15) is 9.00 Å². The minimum Gasteiger partial charge on any atom is -0.450 e. The maximum atomic E-state index is 12.3. The molecule has 0 aliphatic heterocycles. The van der Waals surface area contributed by atoms with Gasteiger partial charge in [0.05, 0.1) is 52.3 Å². The first kappa shape index (κ1) is 19.0. The third-order valence-corrected chi connectivity index (χ3v) is 5.23. The van der Waals surface area contributed by atoms with Crippen LogP contribution in [0.3, 0.4) is 0 Å². The second kappa shape index (κ2) is 8.72. The number of hydrogen-bond donors (Lipinski definition) is 1. The van der Waals surface area contributed by atoms with Crippen LogP contribution >= 0.6 is 0 Å². The predicted molar refractivity (Wildman–Crippen MR) is 103 cm³/mol. The molecule has 27 heavy (non-hydrogen) atoms. The van der Waals surface area contributed by atoms with Crippen LogP contribution in [0.2, 0.25) is 0 Å². The van der Waals surface area contributed by atoms with Crippen molar-refractivity contribution < 1.29 is 13.7 Å². The Bertz CT molecular complexity index is 973. The van der Waals surface area contributed by atoms with Gasteiger partial charge >= 0.3 is 6.09 Å². The summed E-state index contributed by atoms with van der Waals surface area (Å²) in [6, 6.07) is 3.58. The molecular weight excluding hydrogens is 366 g/mol. The molecule has 3 heterocycles. The van der Waals surface area contributed by atoms with Gasteiger partial charge in [0.15, 0.2) is 5.65 Å². The lowest BCUT2D eigenvalue weighted by Gasteiger charge is -2.07. The van der Waals surface area contributed by atoms with Crippen molar-refractivity contribution in [3.8, 4) is 5.69 Å². The standard InChI is InChI=1S/C18H21N5O3S/c1-3-5-6-27(25)16-7-13-9-21-23(17(13)20-12-16)15-8-14(10-19-11-15)22-18(24)26-4-2/h7-12H,3-6H2,1-2H3,(H,22,24). The Kier molecular flexibility index (Phi) is 6.12. The molecule has 0 bridgehead atoms. The number of unbranched alkanes of at least 4 members (excludes halogenated alkanes) is 1. The van der Waals surface area contributed by atoms with Gasteiger partial charge < -0.3 is 4.74 Å². The molecule has 0 aromatic carbocycles. The number of aromatic nitrogens is 4. The average Bonchev–Trinajstić information content (AvgIpc) is 3.09. The highest BCUT2D eigenvalue weighted by atomic mass is 32.2. The van der Waals surface area contributed by atoms with Crippen molar-refractivity contribution >= 4 is 33.6 Å². The molecule has 3 rings (SSSR count). The third-order valence-electron chi connectivity index (χ3n) is 3.82. The summed E-state index contributed by atoms with van der Waals surface area (Å²) in [6.45, 7) is 4.09. The lowest BCUT2D eigenvalue weighted by molar-refractivity contribution is 0.168. The summed E-state index contributed by atoms with van der Waals surface area (Å²) < 4.78 is 18.8. The Morgan fingerprint density at radius 3 is 2.85 bits per heavy atom. The van der Waals surface area contributed by atoms with Crippen LogP contribution in [0.25, 0.3) is 16.7 Å². The second-order valence-electron chi connectivity index (χ2n) is 5.82. The Morgan fingerprint density at radius 1 is 1.22 bits per heavy atom. The molecule has 0 saturated carbocycles. The Morgan fingerprint density at radius 2 is 2.07 bits per heavy atom. The predicted octanol–water partition coefficient (Wildman–Crippen LogP) is 3.29. The number of anilines is 1. The molecule has 1 amide bonds. The SMILES string of the molecule is CCCCS(=O)c1cnc2c(cnn2-c2cncc(NC(=O)OCC)c2)c1. The van der Waals surface area contributed by atoms with E-state index < -0.39 is 16.9 Å². The number of rotatable bonds is 7. The van der Waals surface area contributed by atoms with Crippen LogP contribution in [0.15, 0.2) is 41.8 Å². The molecule has 1 unspecified atom stereocenters. The molecule has 0 saturated heterocycles. The number of ether oxygens (including phenoxy) is 1. The van der Waals surface area contributed by atoms with Crippen LogP contribution in [-0.4, -0.2) is 42.4 Å². The van der Waals surface area contributed by atoms with Gasteiger partial charge in [0.25, 0.3) is 0 Å².